The highest BCUT2D eigenvalue weighted by molar-refractivity contribution is 6.31. The van der Waals surface area contributed by atoms with Crippen molar-refractivity contribution in [3.05, 3.63) is 76.3 Å². The van der Waals surface area contributed by atoms with Crippen LogP contribution in [-0.2, 0) is 11.3 Å². The van der Waals surface area contributed by atoms with Gasteiger partial charge in [-0.1, -0.05) is 17.7 Å². The number of carbonyl (C=O) groups is 2. The number of nitrogens with zero attached hydrogens (tertiary/aromatic N) is 2. The molecule has 2 amide bonds. The number of likely N-dealkylation sites (N-methyl/N-ethyl adjacent to an activating group) is 1. The number of amides is 2. The third kappa shape index (κ3) is 6.48. The summed E-state index contributed by atoms with van der Waals surface area (Å²) in [4.78, 5) is 31.4. The molecule has 0 saturated carbocycles. The summed E-state index contributed by atoms with van der Waals surface area (Å²) >= 11 is 6.19. The first kappa shape index (κ1) is 23.6. The van der Waals surface area contributed by atoms with E-state index in [9.17, 15) is 9.59 Å². The SMILES string of the molecule is CNC(=O)COc1cc(C#N)ccc1CNC(=O)c1cc(Cl)cc(OC(C)c2ncc[nH]2)c1. The van der Waals surface area contributed by atoms with E-state index in [4.69, 9.17) is 26.3 Å². The summed E-state index contributed by atoms with van der Waals surface area (Å²) in [6.45, 7) is 1.72. The highest BCUT2D eigenvalue weighted by Gasteiger charge is 2.15. The Balaban J connectivity index is 1.71. The Morgan fingerprint density at radius 1 is 1.27 bits per heavy atom. The first-order chi connectivity index (χ1) is 15.9. The molecule has 170 valence electrons. The van der Waals surface area contributed by atoms with E-state index < -0.39 is 0 Å². The topological polar surface area (TPSA) is 129 Å². The van der Waals surface area contributed by atoms with Crippen LogP contribution in [0.4, 0.5) is 0 Å². The number of carbonyl (C=O) groups excluding carboxylic acids is 2. The first-order valence-electron chi connectivity index (χ1n) is 10.0. The van der Waals surface area contributed by atoms with E-state index in [1.807, 2.05) is 13.0 Å². The standard InChI is InChI=1S/C23H22ClN5O4/c1-14(22-27-5-6-28-22)33-19-9-17(8-18(24)10-19)23(31)29-12-16-4-3-15(11-25)7-20(16)32-13-21(30)26-2/h3-10,14H,12-13H2,1-2H3,(H,26,30)(H,27,28)(H,29,31). The number of benzene rings is 2. The van der Waals surface area contributed by atoms with Gasteiger partial charge in [-0.2, -0.15) is 5.26 Å². The summed E-state index contributed by atoms with van der Waals surface area (Å²) in [5.74, 6) is 0.702. The van der Waals surface area contributed by atoms with Crippen molar-refractivity contribution < 1.29 is 19.1 Å². The van der Waals surface area contributed by atoms with E-state index in [0.717, 1.165) is 0 Å². The van der Waals surface area contributed by atoms with Gasteiger partial charge in [0.05, 0.1) is 11.6 Å². The molecular formula is C23H22ClN5O4. The maximum absolute atomic E-state index is 12.8. The lowest BCUT2D eigenvalue weighted by Gasteiger charge is -2.15. The van der Waals surface area contributed by atoms with Crippen LogP contribution in [0.1, 0.15) is 40.3 Å². The third-order valence-electron chi connectivity index (χ3n) is 4.62. The van der Waals surface area contributed by atoms with Crippen LogP contribution in [0, 0.1) is 11.3 Å². The van der Waals surface area contributed by atoms with Gasteiger partial charge in [-0.15, -0.1) is 0 Å². The predicted octanol–water partition coefficient (Wildman–Crippen LogP) is 3.13. The van der Waals surface area contributed by atoms with Crippen molar-refractivity contribution in [2.45, 2.75) is 19.6 Å². The first-order valence-corrected chi connectivity index (χ1v) is 10.4. The molecule has 0 aliphatic heterocycles. The number of ether oxygens (including phenoxy) is 2. The average molecular weight is 468 g/mol. The monoisotopic (exact) mass is 467 g/mol. The Hall–Kier alpha value is -4.03. The van der Waals surface area contributed by atoms with Crippen LogP contribution in [0.5, 0.6) is 11.5 Å². The zero-order valence-corrected chi connectivity index (χ0v) is 18.8. The van der Waals surface area contributed by atoms with E-state index in [0.29, 0.717) is 39.0 Å². The van der Waals surface area contributed by atoms with E-state index in [1.165, 1.54) is 19.2 Å². The number of nitrogens with one attached hydrogen (secondary N) is 3. The number of imidazole rings is 1. The Kier molecular flexibility index (Phi) is 7.89. The van der Waals surface area contributed by atoms with Gasteiger partial charge >= 0.3 is 0 Å². The van der Waals surface area contributed by atoms with Crippen LogP contribution in [0.3, 0.4) is 0 Å². The fraction of sp³-hybridized carbons (Fsp3) is 0.217. The Morgan fingerprint density at radius 3 is 2.79 bits per heavy atom. The number of hydrogen-bond acceptors (Lipinski definition) is 6. The summed E-state index contributed by atoms with van der Waals surface area (Å²) in [7, 11) is 1.50. The predicted molar refractivity (Wildman–Crippen MR) is 121 cm³/mol. The summed E-state index contributed by atoms with van der Waals surface area (Å²) < 4.78 is 11.4. The molecule has 3 N–H and O–H groups in total. The lowest BCUT2D eigenvalue weighted by atomic mass is 10.1. The van der Waals surface area contributed by atoms with Crippen molar-refractivity contribution in [3.63, 3.8) is 0 Å². The van der Waals surface area contributed by atoms with E-state index >= 15 is 0 Å². The fourth-order valence-electron chi connectivity index (χ4n) is 2.92. The summed E-state index contributed by atoms with van der Waals surface area (Å²) in [6, 6.07) is 11.5. The molecule has 0 saturated heterocycles. The lowest BCUT2D eigenvalue weighted by Crippen LogP contribution is -2.26. The van der Waals surface area contributed by atoms with Gasteiger partial charge in [0.2, 0.25) is 0 Å². The maximum atomic E-state index is 12.8. The van der Waals surface area contributed by atoms with E-state index in [-0.39, 0.29) is 31.1 Å². The van der Waals surface area contributed by atoms with Crippen LogP contribution in [0.2, 0.25) is 5.02 Å². The molecule has 3 aromatic rings. The maximum Gasteiger partial charge on any atom is 0.257 e. The zero-order valence-electron chi connectivity index (χ0n) is 18.0. The molecule has 1 atom stereocenters. The molecular weight excluding hydrogens is 446 g/mol. The van der Waals surface area contributed by atoms with Crippen molar-refractivity contribution in [1.29, 1.82) is 5.26 Å². The highest BCUT2D eigenvalue weighted by atomic mass is 35.5. The fourth-order valence-corrected chi connectivity index (χ4v) is 3.14. The highest BCUT2D eigenvalue weighted by Crippen LogP contribution is 2.26. The van der Waals surface area contributed by atoms with Gasteiger partial charge in [0.1, 0.15) is 17.3 Å². The normalized spacial score (nSPS) is 11.2. The molecule has 1 unspecified atom stereocenters. The minimum Gasteiger partial charge on any atom is -0.483 e. The average Bonchev–Trinajstić information content (AvgIpc) is 3.36. The van der Waals surface area contributed by atoms with Crippen molar-refractivity contribution in [2.24, 2.45) is 0 Å². The number of rotatable bonds is 9. The molecule has 10 heteroatoms. The molecule has 9 nitrogen and oxygen atoms in total. The van der Waals surface area contributed by atoms with Gasteiger partial charge in [0.15, 0.2) is 12.7 Å². The van der Waals surface area contributed by atoms with Gasteiger partial charge in [-0.25, -0.2) is 4.98 Å². The summed E-state index contributed by atoms with van der Waals surface area (Å²) in [6.07, 6.45) is 2.96. The molecule has 0 aliphatic rings. The number of nitriles is 1. The Bertz CT molecular complexity index is 1170. The van der Waals surface area contributed by atoms with Crippen LogP contribution in [0.25, 0.3) is 0 Å². The minimum atomic E-state index is -0.380. The van der Waals surface area contributed by atoms with Gasteiger partial charge < -0.3 is 25.1 Å². The molecule has 1 aromatic heterocycles. The molecule has 2 aromatic carbocycles. The van der Waals surface area contributed by atoms with Crippen LogP contribution in [0.15, 0.2) is 48.8 Å². The molecule has 0 fully saturated rings. The molecule has 33 heavy (non-hydrogen) atoms. The molecule has 0 radical (unpaired) electrons. The summed E-state index contributed by atoms with van der Waals surface area (Å²) in [5.41, 5.74) is 1.29. The van der Waals surface area contributed by atoms with Gasteiger partial charge in [-0.3, -0.25) is 9.59 Å². The van der Waals surface area contributed by atoms with Crippen molar-refractivity contribution in [1.82, 2.24) is 20.6 Å². The van der Waals surface area contributed by atoms with E-state index in [2.05, 4.69) is 20.6 Å². The largest absolute Gasteiger partial charge is 0.483 e. The number of H-pyrrole nitrogens is 1. The van der Waals surface area contributed by atoms with Crippen molar-refractivity contribution in [2.75, 3.05) is 13.7 Å². The van der Waals surface area contributed by atoms with E-state index in [1.54, 1.807) is 36.7 Å². The number of aromatic nitrogens is 2. The second-order valence-corrected chi connectivity index (χ2v) is 7.43. The van der Waals surface area contributed by atoms with Crippen LogP contribution >= 0.6 is 11.6 Å². The Morgan fingerprint density at radius 2 is 2.09 bits per heavy atom. The summed E-state index contributed by atoms with van der Waals surface area (Å²) in [5, 5.41) is 14.7. The molecule has 0 aliphatic carbocycles. The molecule has 3 rings (SSSR count). The number of hydrogen-bond donors (Lipinski definition) is 3. The van der Waals surface area contributed by atoms with Crippen LogP contribution in [-0.4, -0.2) is 35.4 Å². The third-order valence-corrected chi connectivity index (χ3v) is 4.84. The second-order valence-electron chi connectivity index (χ2n) is 6.99. The zero-order chi connectivity index (χ0) is 23.8. The second kappa shape index (κ2) is 11.0. The molecule has 0 bridgehead atoms. The van der Waals surface area contributed by atoms with Crippen LogP contribution < -0.4 is 20.1 Å². The van der Waals surface area contributed by atoms with Crippen molar-refractivity contribution >= 4 is 23.4 Å². The van der Waals surface area contributed by atoms with Crippen molar-refractivity contribution in [3.8, 4) is 17.6 Å². The number of halogens is 1. The minimum absolute atomic E-state index is 0.110. The molecule has 0 spiro atoms. The van der Waals surface area contributed by atoms with Gasteiger partial charge in [-0.05, 0) is 37.3 Å². The number of aromatic amines is 1. The smallest absolute Gasteiger partial charge is 0.257 e. The van der Waals surface area contributed by atoms with Gasteiger partial charge in [0, 0.05) is 42.1 Å². The quantitative estimate of drug-likeness (QED) is 0.443. The Labute approximate surface area is 195 Å². The van der Waals surface area contributed by atoms with Gasteiger partial charge in [0.25, 0.3) is 11.8 Å². The lowest BCUT2D eigenvalue weighted by molar-refractivity contribution is -0.122. The molecule has 1 heterocycles.